The molecule has 2 aromatic rings. The highest BCUT2D eigenvalue weighted by Gasteiger charge is 2.28. The standard InChI is InChI=1S/C16H20N4O2/c1-19(2)16(21)20-10-8-13(9-11-20)15-17-14(18-22-15)12-6-4-3-5-7-12/h3-7,13H,8-11H2,1-2H3. The monoisotopic (exact) mass is 300 g/mol. The van der Waals surface area contributed by atoms with Crippen molar-refractivity contribution in [3.63, 3.8) is 0 Å². The lowest BCUT2D eigenvalue weighted by molar-refractivity contribution is 0.152. The fourth-order valence-corrected chi connectivity index (χ4v) is 2.71. The molecule has 0 saturated carbocycles. The van der Waals surface area contributed by atoms with Crippen LogP contribution in [0, 0.1) is 0 Å². The second kappa shape index (κ2) is 6.17. The molecule has 0 aliphatic carbocycles. The number of nitrogens with zero attached hydrogens (tertiary/aromatic N) is 4. The molecular weight excluding hydrogens is 280 g/mol. The Hall–Kier alpha value is -2.37. The Bertz CT molecular complexity index is 631. The fourth-order valence-electron chi connectivity index (χ4n) is 2.71. The maximum atomic E-state index is 11.9. The van der Waals surface area contributed by atoms with Crippen LogP contribution in [0.5, 0.6) is 0 Å². The summed E-state index contributed by atoms with van der Waals surface area (Å²) in [5, 5.41) is 4.07. The number of hydrogen-bond acceptors (Lipinski definition) is 4. The first-order valence-corrected chi connectivity index (χ1v) is 7.50. The van der Waals surface area contributed by atoms with Gasteiger partial charge in [0.15, 0.2) is 0 Å². The van der Waals surface area contributed by atoms with Gasteiger partial charge < -0.3 is 14.3 Å². The minimum absolute atomic E-state index is 0.0638. The Balaban J connectivity index is 1.65. The summed E-state index contributed by atoms with van der Waals surface area (Å²) in [6.07, 6.45) is 1.71. The van der Waals surface area contributed by atoms with Gasteiger partial charge in [0, 0.05) is 38.7 Å². The SMILES string of the molecule is CN(C)C(=O)N1CCC(c2nc(-c3ccccc3)no2)CC1. The van der Waals surface area contributed by atoms with Crippen LogP contribution < -0.4 is 0 Å². The van der Waals surface area contributed by atoms with Crippen LogP contribution >= 0.6 is 0 Å². The molecule has 1 aliphatic rings. The lowest BCUT2D eigenvalue weighted by Gasteiger charge is -2.32. The third-order valence-electron chi connectivity index (χ3n) is 3.97. The van der Waals surface area contributed by atoms with Crippen molar-refractivity contribution in [1.29, 1.82) is 0 Å². The number of urea groups is 1. The van der Waals surface area contributed by atoms with Crippen molar-refractivity contribution in [3.05, 3.63) is 36.2 Å². The number of piperidine rings is 1. The van der Waals surface area contributed by atoms with Gasteiger partial charge >= 0.3 is 6.03 Å². The van der Waals surface area contributed by atoms with E-state index in [0.29, 0.717) is 11.7 Å². The Morgan fingerprint density at radius 3 is 2.55 bits per heavy atom. The summed E-state index contributed by atoms with van der Waals surface area (Å²) in [5.41, 5.74) is 0.956. The Labute approximate surface area is 129 Å². The predicted octanol–water partition coefficient (Wildman–Crippen LogP) is 2.60. The van der Waals surface area contributed by atoms with Gasteiger partial charge in [-0.15, -0.1) is 0 Å². The molecule has 0 bridgehead atoms. The van der Waals surface area contributed by atoms with Crippen LogP contribution in [0.1, 0.15) is 24.7 Å². The molecule has 1 saturated heterocycles. The Morgan fingerprint density at radius 2 is 1.91 bits per heavy atom. The zero-order chi connectivity index (χ0) is 15.5. The van der Waals surface area contributed by atoms with Gasteiger partial charge in [0.2, 0.25) is 11.7 Å². The molecule has 3 rings (SSSR count). The minimum Gasteiger partial charge on any atom is -0.339 e. The van der Waals surface area contributed by atoms with Crippen molar-refractivity contribution in [2.75, 3.05) is 27.2 Å². The van der Waals surface area contributed by atoms with Crippen molar-refractivity contribution >= 4 is 6.03 Å². The molecule has 0 unspecified atom stereocenters. The van der Waals surface area contributed by atoms with Gasteiger partial charge in [0.1, 0.15) is 0 Å². The first-order chi connectivity index (χ1) is 10.6. The summed E-state index contributed by atoms with van der Waals surface area (Å²) in [6.45, 7) is 1.45. The number of likely N-dealkylation sites (tertiary alicyclic amines) is 1. The van der Waals surface area contributed by atoms with Crippen molar-refractivity contribution in [2.45, 2.75) is 18.8 Å². The van der Waals surface area contributed by atoms with E-state index in [1.54, 1.807) is 19.0 Å². The van der Waals surface area contributed by atoms with Crippen LogP contribution in [0.25, 0.3) is 11.4 Å². The molecule has 1 fully saturated rings. The molecule has 0 N–H and O–H groups in total. The van der Waals surface area contributed by atoms with Gasteiger partial charge in [-0.2, -0.15) is 4.98 Å². The summed E-state index contributed by atoms with van der Waals surface area (Å²) in [4.78, 5) is 19.9. The van der Waals surface area contributed by atoms with Gasteiger partial charge in [-0.05, 0) is 12.8 Å². The van der Waals surface area contributed by atoms with Gasteiger partial charge in [0.25, 0.3) is 0 Å². The van der Waals surface area contributed by atoms with E-state index in [4.69, 9.17) is 4.52 Å². The molecule has 6 heteroatoms. The number of benzene rings is 1. The highest BCUT2D eigenvalue weighted by molar-refractivity contribution is 5.73. The van der Waals surface area contributed by atoms with Crippen LogP contribution in [0.15, 0.2) is 34.9 Å². The molecule has 2 heterocycles. The first kappa shape index (κ1) is 14.6. The zero-order valence-electron chi connectivity index (χ0n) is 12.9. The van der Waals surface area contributed by atoms with E-state index >= 15 is 0 Å². The van der Waals surface area contributed by atoms with Crippen LogP contribution in [0.2, 0.25) is 0 Å². The molecule has 1 aromatic heterocycles. The average Bonchev–Trinajstić information content (AvgIpc) is 3.05. The number of hydrogen-bond donors (Lipinski definition) is 0. The van der Waals surface area contributed by atoms with E-state index in [0.717, 1.165) is 31.5 Å². The lowest BCUT2D eigenvalue weighted by Crippen LogP contribution is -2.43. The van der Waals surface area contributed by atoms with Crippen LogP contribution in [-0.2, 0) is 0 Å². The smallest absolute Gasteiger partial charge is 0.319 e. The van der Waals surface area contributed by atoms with E-state index < -0.39 is 0 Å². The van der Waals surface area contributed by atoms with Gasteiger partial charge in [0.05, 0.1) is 0 Å². The zero-order valence-corrected chi connectivity index (χ0v) is 12.9. The van der Waals surface area contributed by atoms with E-state index in [9.17, 15) is 4.79 Å². The van der Waals surface area contributed by atoms with Gasteiger partial charge in [-0.25, -0.2) is 4.79 Å². The van der Waals surface area contributed by atoms with Gasteiger partial charge in [-0.1, -0.05) is 35.5 Å². The number of amides is 2. The number of carbonyl (C=O) groups is 1. The quantitative estimate of drug-likeness (QED) is 0.855. The Kier molecular flexibility index (Phi) is 4.09. The second-order valence-electron chi connectivity index (χ2n) is 5.76. The molecular formula is C16H20N4O2. The predicted molar refractivity (Wildman–Crippen MR) is 82.4 cm³/mol. The maximum absolute atomic E-state index is 11.9. The minimum atomic E-state index is 0.0638. The van der Waals surface area contributed by atoms with Crippen molar-refractivity contribution < 1.29 is 9.32 Å². The lowest BCUT2D eigenvalue weighted by atomic mass is 9.97. The number of aromatic nitrogens is 2. The van der Waals surface area contributed by atoms with Crippen LogP contribution in [0.3, 0.4) is 0 Å². The maximum Gasteiger partial charge on any atom is 0.319 e. The number of carbonyl (C=O) groups excluding carboxylic acids is 1. The van der Waals surface area contributed by atoms with Crippen LogP contribution in [0.4, 0.5) is 4.79 Å². The van der Waals surface area contributed by atoms with E-state index in [-0.39, 0.29) is 11.9 Å². The normalized spacial score (nSPS) is 15.8. The van der Waals surface area contributed by atoms with E-state index in [2.05, 4.69) is 10.1 Å². The molecule has 0 atom stereocenters. The summed E-state index contributed by atoms with van der Waals surface area (Å²) in [5.74, 6) is 1.54. The topological polar surface area (TPSA) is 62.5 Å². The molecule has 0 radical (unpaired) electrons. The van der Waals surface area contributed by atoms with Crippen molar-refractivity contribution in [2.24, 2.45) is 0 Å². The summed E-state index contributed by atoms with van der Waals surface area (Å²) >= 11 is 0. The molecule has 2 amide bonds. The third-order valence-corrected chi connectivity index (χ3v) is 3.97. The summed E-state index contributed by atoms with van der Waals surface area (Å²) in [6, 6.07) is 9.86. The van der Waals surface area contributed by atoms with Gasteiger partial charge in [-0.3, -0.25) is 0 Å². The summed E-state index contributed by atoms with van der Waals surface area (Å²) in [7, 11) is 3.55. The molecule has 6 nitrogen and oxygen atoms in total. The molecule has 1 aliphatic heterocycles. The highest BCUT2D eigenvalue weighted by atomic mass is 16.5. The highest BCUT2D eigenvalue weighted by Crippen LogP contribution is 2.28. The molecule has 1 aromatic carbocycles. The first-order valence-electron chi connectivity index (χ1n) is 7.50. The molecule has 116 valence electrons. The largest absolute Gasteiger partial charge is 0.339 e. The number of rotatable bonds is 2. The second-order valence-corrected chi connectivity index (χ2v) is 5.76. The molecule has 0 spiro atoms. The van der Waals surface area contributed by atoms with E-state index in [1.807, 2.05) is 35.2 Å². The fraction of sp³-hybridized carbons (Fsp3) is 0.438. The molecule has 22 heavy (non-hydrogen) atoms. The van der Waals surface area contributed by atoms with Crippen LogP contribution in [-0.4, -0.2) is 53.2 Å². The summed E-state index contributed by atoms with van der Waals surface area (Å²) < 4.78 is 5.43. The van der Waals surface area contributed by atoms with Crippen molar-refractivity contribution in [3.8, 4) is 11.4 Å². The Morgan fingerprint density at radius 1 is 1.23 bits per heavy atom. The van der Waals surface area contributed by atoms with E-state index in [1.165, 1.54) is 0 Å². The third kappa shape index (κ3) is 2.95. The average molecular weight is 300 g/mol. The van der Waals surface area contributed by atoms with Crippen molar-refractivity contribution in [1.82, 2.24) is 19.9 Å².